The minimum absolute atomic E-state index is 0.222. The van der Waals surface area contributed by atoms with E-state index in [1.807, 2.05) is 44.2 Å². The first-order valence-electron chi connectivity index (χ1n) is 13.5. The van der Waals surface area contributed by atoms with Crippen molar-refractivity contribution in [3.05, 3.63) is 63.6 Å². The summed E-state index contributed by atoms with van der Waals surface area (Å²) in [6.07, 6.45) is 9.90. The van der Waals surface area contributed by atoms with Crippen molar-refractivity contribution >= 4 is 29.0 Å². The zero-order valence-corrected chi connectivity index (χ0v) is 22.7. The summed E-state index contributed by atoms with van der Waals surface area (Å²) in [7, 11) is 1.66. The molecule has 0 N–H and O–H groups in total. The molecular formula is C31H35NO4S. The Bertz CT molecular complexity index is 1250. The molecule has 0 radical (unpaired) electrons. The zero-order valence-electron chi connectivity index (χ0n) is 21.9. The highest BCUT2D eigenvalue weighted by Crippen LogP contribution is 2.61. The number of hydrogen-bond donors (Lipinski definition) is 0. The van der Waals surface area contributed by atoms with Crippen molar-refractivity contribution in [3.63, 3.8) is 0 Å². The fraction of sp³-hybridized carbons (Fsp3) is 0.484. The quantitative estimate of drug-likeness (QED) is 0.374. The standard InChI is InChI=1S/C31H35NO4S/c1-19-4-5-20(2)27(10-19)36-9-8-32-29(33)28(37-30(32)34)15-24-14-25(6-7-26(24)35-3)31-16-21-11-22(17-31)13-23(12-21)18-31/h4-7,10,14-15,21-23H,8-9,11-13,16-18H2,1-3H3/b28-15-. The molecule has 0 aromatic heterocycles. The molecule has 6 heteroatoms. The van der Waals surface area contributed by atoms with Crippen molar-refractivity contribution in [2.45, 2.75) is 57.8 Å². The molecule has 5 aliphatic rings. The van der Waals surface area contributed by atoms with Gasteiger partial charge in [-0.2, -0.15) is 0 Å². The Balaban J connectivity index is 1.20. The van der Waals surface area contributed by atoms with Crippen LogP contribution < -0.4 is 9.47 Å². The van der Waals surface area contributed by atoms with E-state index in [9.17, 15) is 9.59 Å². The predicted octanol–water partition coefficient (Wildman–Crippen LogP) is 6.90. The van der Waals surface area contributed by atoms with Crippen LogP contribution in [0.4, 0.5) is 4.79 Å². The van der Waals surface area contributed by atoms with Gasteiger partial charge in [-0.05, 0) is 128 Å². The third-order valence-corrected chi connectivity index (χ3v) is 9.86. The van der Waals surface area contributed by atoms with E-state index in [2.05, 4.69) is 12.1 Å². The summed E-state index contributed by atoms with van der Waals surface area (Å²) in [5.74, 6) is 3.84. The van der Waals surface area contributed by atoms with E-state index in [-0.39, 0.29) is 29.7 Å². The number of nitrogens with zero attached hydrogens (tertiary/aromatic N) is 1. The highest BCUT2D eigenvalue weighted by molar-refractivity contribution is 8.18. The topological polar surface area (TPSA) is 55.8 Å². The van der Waals surface area contributed by atoms with Gasteiger partial charge < -0.3 is 9.47 Å². The van der Waals surface area contributed by atoms with Gasteiger partial charge in [0, 0.05) is 5.56 Å². The molecule has 2 aromatic rings. The van der Waals surface area contributed by atoms with Gasteiger partial charge in [0.05, 0.1) is 18.6 Å². The molecule has 5 fully saturated rings. The Labute approximate surface area is 223 Å². The molecule has 0 atom stereocenters. The van der Waals surface area contributed by atoms with Crippen molar-refractivity contribution in [2.75, 3.05) is 20.3 Å². The van der Waals surface area contributed by atoms with Crippen LogP contribution in [0.2, 0.25) is 0 Å². The van der Waals surface area contributed by atoms with Crippen molar-refractivity contribution in [3.8, 4) is 11.5 Å². The molecule has 0 unspecified atom stereocenters. The van der Waals surface area contributed by atoms with Crippen LogP contribution in [0.15, 0.2) is 41.3 Å². The largest absolute Gasteiger partial charge is 0.496 e. The monoisotopic (exact) mass is 517 g/mol. The average molecular weight is 518 g/mol. The molecule has 4 bridgehead atoms. The molecule has 4 saturated carbocycles. The molecule has 37 heavy (non-hydrogen) atoms. The third-order valence-electron chi connectivity index (χ3n) is 8.96. The molecule has 7 rings (SSSR count). The molecule has 1 aliphatic heterocycles. The van der Waals surface area contributed by atoms with Gasteiger partial charge in [0.25, 0.3) is 11.1 Å². The third kappa shape index (κ3) is 4.58. The van der Waals surface area contributed by atoms with Crippen LogP contribution in [-0.4, -0.2) is 36.3 Å². The van der Waals surface area contributed by atoms with E-state index in [0.717, 1.165) is 57.7 Å². The van der Waals surface area contributed by atoms with E-state index >= 15 is 0 Å². The number of thioether (sulfide) groups is 1. The first-order valence-corrected chi connectivity index (χ1v) is 14.3. The smallest absolute Gasteiger partial charge is 0.293 e. The fourth-order valence-electron chi connectivity index (χ4n) is 7.58. The van der Waals surface area contributed by atoms with Crippen LogP contribution in [0, 0.1) is 31.6 Å². The lowest BCUT2D eigenvalue weighted by atomic mass is 9.48. The molecule has 1 saturated heterocycles. The summed E-state index contributed by atoms with van der Waals surface area (Å²) in [5, 5.41) is -0.253. The molecule has 0 spiro atoms. The Morgan fingerprint density at radius 2 is 1.68 bits per heavy atom. The normalized spacial score (nSPS) is 29.4. The van der Waals surface area contributed by atoms with E-state index in [0.29, 0.717) is 4.91 Å². The van der Waals surface area contributed by atoms with Gasteiger partial charge in [-0.3, -0.25) is 14.5 Å². The Morgan fingerprint density at radius 1 is 0.973 bits per heavy atom. The SMILES string of the molecule is COc1ccc(C23CC4CC(CC(C4)C2)C3)cc1/C=C1\SC(=O)N(CCOc2cc(C)ccc2C)C1=O. The lowest BCUT2D eigenvalue weighted by molar-refractivity contribution is -0.123. The highest BCUT2D eigenvalue weighted by atomic mass is 32.2. The van der Waals surface area contributed by atoms with Crippen LogP contribution in [-0.2, 0) is 10.2 Å². The van der Waals surface area contributed by atoms with Gasteiger partial charge in [0.15, 0.2) is 0 Å². The van der Waals surface area contributed by atoms with Gasteiger partial charge in [-0.15, -0.1) is 0 Å². The van der Waals surface area contributed by atoms with Crippen LogP contribution in [0.25, 0.3) is 6.08 Å². The number of benzene rings is 2. The molecule has 2 amide bonds. The van der Waals surface area contributed by atoms with Crippen LogP contribution in [0.1, 0.15) is 60.8 Å². The van der Waals surface area contributed by atoms with Crippen molar-refractivity contribution in [1.29, 1.82) is 0 Å². The summed E-state index contributed by atoms with van der Waals surface area (Å²) in [4.78, 5) is 27.7. The number of hydrogen-bond acceptors (Lipinski definition) is 5. The first-order chi connectivity index (χ1) is 17.8. The van der Waals surface area contributed by atoms with Crippen molar-refractivity contribution in [2.24, 2.45) is 17.8 Å². The lowest BCUT2D eigenvalue weighted by Crippen LogP contribution is -2.48. The summed E-state index contributed by atoms with van der Waals surface area (Å²) in [5.41, 5.74) is 4.66. The highest BCUT2D eigenvalue weighted by Gasteiger charge is 2.51. The molecule has 2 aromatic carbocycles. The van der Waals surface area contributed by atoms with Gasteiger partial charge in [-0.25, -0.2) is 0 Å². The van der Waals surface area contributed by atoms with Crippen molar-refractivity contribution < 1.29 is 19.1 Å². The summed E-state index contributed by atoms with van der Waals surface area (Å²) >= 11 is 1.00. The average Bonchev–Trinajstić information content (AvgIpc) is 3.12. The Kier molecular flexibility index (Phi) is 6.34. The summed E-state index contributed by atoms with van der Waals surface area (Å²) in [6.45, 7) is 4.49. The maximum Gasteiger partial charge on any atom is 0.293 e. The second-order valence-corrected chi connectivity index (χ2v) is 12.6. The number of methoxy groups -OCH3 is 1. The van der Waals surface area contributed by atoms with Crippen LogP contribution in [0.3, 0.4) is 0 Å². The van der Waals surface area contributed by atoms with Gasteiger partial charge in [-0.1, -0.05) is 18.2 Å². The maximum atomic E-state index is 13.2. The van der Waals surface area contributed by atoms with Crippen molar-refractivity contribution in [1.82, 2.24) is 4.90 Å². The minimum Gasteiger partial charge on any atom is -0.496 e. The molecule has 5 nitrogen and oxygen atoms in total. The summed E-state index contributed by atoms with van der Waals surface area (Å²) in [6, 6.07) is 12.5. The van der Waals surface area contributed by atoms with Crippen LogP contribution in [0.5, 0.6) is 11.5 Å². The Morgan fingerprint density at radius 3 is 2.35 bits per heavy atom. The van der Waals surface area contributed by atoms with E-state index in [1.165, 1.54) is 49.0 Å². The molecule has 4 aliphatic carbocycles. The van der Waals surface area contributed by atoms with E-state index in [1.54, 1.807) is 7.11 Å². The molecule has 194 valence electrons. The second-order valence-electron chi connectivity index (χ2n) is 11.6. The molecular weight excluding hydrogens is 482 g/mol. The number of amides is 2. The van der Waals surface area contributed by atoms with Crippen LogP contribution >= 0.6 is 11.8 Å². The number of ether oxygens (including phenoxy) is 2. The molecule has 1 heterocycles. The fourth-order valence-corrected chi connectivity index (χ4v) is 8.44. The number of carbonyl (C=O) groups is 2. The second kappa shape index (κ2) is 9.54. The van der Waals surface area contributed by atoms with Gasteiger partial charge in [0.1, 0.15) is 18.1 Å². The number of rotatable bonds is 7. The number of imide groups is 1. The van der Waals surface area contributed by atoms with Gasteiger partial charge in [0.2, 0.25) is 0 Å². The van der Waals surface area contributed by atoms with Gasteiger partial charge >= 0.3 is 0 Å². The maximum absolute atomic E-state index is 13.2. The summed E-state index contributed by atoms with van der Waals surface area (Å²) < 4.78 is 11.6. The zero-order chi connectivity index (χ0) is 25.7. The minimum atomic E-state index is -0.262. The number of aryl methyl sites for hydroxylation is 2. The first kappa shape index (κ1) is 24.6. The Hall–Kier alpha value is -2.73. The van der Waals surface area contributed by atoms with E-state index < -0.39 is 0 Å². The van der Waals surface area contributed by atoms with E-state index in [4.69, 9.17) is 9.47 Å². The number of carbonyl (C=O) groups excluding carboxylic acids is 2. The lowest BCUT2D eigenvalue weighted by Gasteiger charge is -2.57. The predicted molar refractivity (Wildman–Crippen MR) is 147 cm³/mol.